The van der Waals surface area contributed by atoms with Gasteiger partial charge in [-0.3, -0.25) is 0 Å². The third-order valence-corrected chi connectivity index (χ3v) is 7.15. The Morgan fingerprint density at radius 2 is 0.977 bits per heavy atom. The molecule has 0 fully saturated rings. The molecule has 0 aromatic heterocycles. The number of hydrogen-bond acceptors (Lipinski definition) is 6. The first-order chi connectivity index (χ1) is 21.5. The summed E-state index contributed by atoms with van der Waals surface area (Å²) in [6.07, 6.45) is 6.10. The lowest BCUT2D eigenvalue weighted by Crippen LogP contribution is -2.29. The molecular weight excluding hydrogens is 552 g/mol. The number of rotatable bonds is 8. The van der Waals surface area contributed by atoms with Crippen LogP contribution in [-0.4, -0.2) is 17.9 Å². The summed E-state index contributed by atoms with van der Waals surface area (Å²) in [6, 6.07) is 39.8. The second kappa shape index (κ2) is 12.5. The zero-order valence-corrected chi connectivity index (χ0v) is 23.5. The largest absolute Gasteiger partial charge is 0.441 e. The molecule has 0 spiro atoms. The fourth-order valence-corrected chi connectivity index (χ4v) is 5.09. The van der Waals surface area contributed by atoms with Gasteiger partial charge in [-0.1, -0.05) is 103 Å². The van der Waals surface area contributed by atoms with Gasteiger partial charge in [0.25, 0.3) is 0 Å². The van der Waals surface area contributed by atoms with E-state index in [1.54, 1.807) is 72.8 Å². The molecule has 6 nitrogen and oxygen atoms in total. The van der Waals surface area contributed by atoms with Gasteiger partial charge in [0.1, 0.15) is 11.5 Å². The third-order valence-electron chi connectivity index (χ3n) is 7.15. The van der Waals surface area contributed by atoms with Crippen molar-refractivity contribution in [3.63, 3.8) is 0 Å². The van der Waals surface area contributed by atoms with Crippen LogP contribution in [-0.2, 0) is 19.9 Å². The molecule has 1 heterocycles. The van der Waals surface area contributed by atoms with Gasteiger partial charge in [0.05, 0.1) is 5.56 Å². The number of carbonyl (C=O) groups is 3. The Kier molecular flexibility index (Phi) is 7.97. The van der Waals surface area contributed by atoms with Crippen LogP contribution >= 0.6 is 0 Å². The molecule has 1 aliphatic heterocycles. The second-order valence-electron chi connectivity index (χ2n) is 10.00. The van der Waals surface area contributed by atoms with Crippen molar-refractivity contribution in [1.29, 1.82) is 0 Å². The molecule has 6 rings (SSSR count). The van der Waals surface area contributed by atoms with Crippen LogP contribution in [0.2, 0.25) is 0 Å². The van der Waals surface area contributed by atoms with Gasteiger partial charge in [-0.2, -0.15) is 0 Å². The average molecular weight is 579 g/mol. The van der Waals surface area contributed by atoms with Crippen LogP contribution < -0.4 is 9.47 Å². The lowest BCUT2D eigenvalue weighted by atomic mass is 9.80. The van der Waals surface area contributed by atoms with Gasteiger partial charge in [0, 0.05) is 28.8 Å². The molecule has 5 aromatic rings. The van der Waals surface area contributed by atoms with Crippen LogP contribution in [0, 0.1) is 0 Å². The van der Waals surface area contributed by atoms with Crippen molar-refractivity contribution in [2.75, 3.05) is 0 Å². The van der Waals surface area contributed by atoms with Crippen LogP contribution in [0.4, 0.5) is 0 Å². The lowest BCUT2D eigenvalue weighted by molar-refractivity contribution is -0.129. The normalized spacial score (nSPS) is 13.4. The lowest BCUT2D eigenvalue weighted by Gasteiger charge is -2.30. The van der Waals surface area contributed by atoms with Crippen molar-refractivity contribution in [3.8, 4) is 11.5 Å². The number of cyclic esters (lactones) is 1. The number of ether oxygens (including phenoxy) is 3. The minimum atomic E-state index is -1.26. The zero-order chi connectivity index (χ0) is 30.4. The van der Waals surface area contributed by atoms with Gasteiger partial charge in [0.2, 0.25) is 0 Å². The molecule has 0 amide bonds. The predicted molar refractivity (Wildman–Crippen MR) is 167 cm³/mol. The molecule has 0 N–H and O–H groups in total. The third kappa shape index (κ3) is 5.96. The Labute approximate surface area is 254 Å². The molecule has 0 radical (unpaired) electrons. The Hall–Kier alpha value is -6.01. The Bertz CT molecular complexity index is 1750. The van der Waals surface area contributed by atoms with Crippen molar-refractivity contribution in [2.45, 2.75) is 5.60 Å². The second-order valence-corrected chi connectivity index (χ2v) is 10.00. The van der Waals surface area contributed by atoms with Gasteiger partial charge < -0.3 is 14.2 Å². The summed E-state index contributed by atoms with van der Waals surface area (Å²) in [6.45, 7) is 0. The van der Waals surface area contributed by atoms with Crippen LogP contribution in [0.3, 0.4) is 0 Å². The summed E-state index contributed by atoms with van der Waals surface area (Å²) >= 11 is 0. The minimum absolute atomic E-state index is 0.343. The number of esters is 3. The summed E-state index contributed by atoms with van der Waals surface area (Å²) in [5.41, 5.74) is 2.95. The van der Waals surface area contributed by atoms with Gasteiger partial charge in [0.15, 0.2) is 5.60 Å². The van der Waals surface area contributed by atoms with Crippen LogP contribution in [0.25, 0.3) is 12.2 Å². The summed E-state index contributed by atoms with van der Waals surface area (Å²) in [7, 11) is 0. The van der Waals surface area contributed by atoms with Crippen LogP contribution in [0.1, 0.15) is 38.2 Å². The van der Waals surface area contributed by atoms with Crippen molar-refractivity contribution in [3.05, 3.63) is 179 Å². The fraction of sp³-hybridized carbons (Fsp3) is 0.0263. The van der Waals surface area contributed by atoms with Gasteiger partial charge in [-0.15, -0.1) is 0 Å². The standard InChI is InChI=1S/C38H26O6/c39-35(25-15-27-9-3-1-4-10-27)42-31-21-17-29(18-22-31)38(34-14-8-7-13-33(34)37(41)44-38)30-19-23-32(24-20-30)43-36(40)26-16-28-11-5-2-6-12-28/h1-26H/b25-15+,26-16+. The maximum atomic E-state index is 13.1. The number of fused-ring (bicyclic) bond motifs is 1. The maximum absolute atomic E-state index is 13.1. The Balaban J connectivity index is 1.25. The fourth-order valence-electron chi connectivity index (χ4n) is 5.09. The molecule has 5 aromatic carbocycles. The first-order valence-electron chi connectivity index (χ1n) is 13.9. The number of benzene rings is 5. The van der Waals surface area contributed by atoms with E-state index in [9.17, 15) is 14.4 Å². The Morgan fingerprint density at radius 3 is 1.45 bits per heavy atom. The van der Waals surface area contributed by atoms with Crippen molar-refractivity contribution >= 4 is 30.1 Å². The van der Waals surface area contributed by atoms with Crippen molar-refractivity contribution in [2.24, 2.45) is 0 Å². The van der Waals surface area contributed by atoms with E-state index in [4.69, 9.17) is 14.2 Å². The quantitative estimate of drug-likeness (QED) is 0.109. The Morgan fingerprint density at radius 1 is 0.545 bits per heavy atom. The van der Waals surface area contributed by atoms with E-state index in [0.29, 0.717) is 33.8 Å². The zero-order valence-electron chi connectivity index (χ0n) is 23.5. The molecule has 0 aliphatic carbocycles. The van der Waals surface area contributed by atoms with Gasteiger partial charge >= 0.3 is 17.9 Å². The molecule has 0 bridgehead atoms. The molecule has 0 unspecified atom stereocenters. The van der Waals surface area contributed by atoms with Gasteiger partial charge in [-0.25, -0.2) is 14.4 Å². The molecule has 44 heavy (non-hydrogen) atoms. The first-order valence-corrected chi connectivity index (χ1v) is 13.9. The minimum Gasteiger partial charge on any atom is -0.441 e. The molecule has 6 heteroatoms. The molecular formula is C38H26O6. The van der Waals surface area contributed by atoms with Gasteiger partial charge in [-0.05, 0) is 53.6 Å². The van der Waals surface area contributed by atoms with E-state index in [-0.39, 0.29) is 0 Å². The molecule has 214 valence electrons. The monoisotopic (exact) mass is 578 g/mol. The van der Waals surface area contributed by atoms with Crippen molar-refractivity contribution < 1.29 is 28.6 Å². The highest BCUT2D eigenvalue weighted by Gasteiger charge is 2.48. The average Bonchev–Trinajstić information content (AvgIpc) is 3.37. The van der Waals surface area contributed by atoms with E-state index in [2.05, 4.69) is 0 Å². The topological polar surface area (TPSA) is 78.9 Å². The summed E-state index contributed by atoms with van der Waals surface area (Å²) in [5, 5.41) is 0. The number of carbonyl (C=O) groups excluding carboxylic acids is 3. The van der Waals surface area contributed by atoms with E-state index >= 15 is 0 Å². The summed E-state index contributed by atoms with van der Waals surface area (Å²) in [4.78, 5) is 37.9. The maximum Gasteiger partial charge on any atom is 0.340 e. The van der Waals surface area contributed by atoms with Crippen LogP contribution in [0.5, 0.6) is 11.5 Å². The molecule has 0 saturated carbocycles. The highest BCUT2D eigenvalue weighted by Crippen LogP contribution is 2.47. The predicted octanol–water partition coefficient (Wildman–Crippen LogP) is 7.39. The number of hydrogen-bond donors (Lipinski definition) is 0. The highest BCUT2D eigenvalue weighted by molar-refractivity contribution is 5.96. The highest BCUT2D eigenvalue weighted by atomic mass is 16.6. The molecule has 0 atom stereocenters. The van der Waals surface area contributed by atoms with E-state index in [0.717, 1.165) is 11.1 Å². The van der Waals surface area contributed by atoms with Crippen molar-refractivity contribution in [1.82, 2.24) is 0 Å². The smallest absolute Gasteiger partial charge is 0.340 e. The summed E-state index contributed by atoms with van der Waals surface area (Å²) < 4.78 is 17.1. The first kappa shape index (κ1) is 28.1. The molecule has 0 saturated heterocycles. The SMILES string of the molecule is O=C(/C=C/c1ccccc1)Oc1ccc(C2(c3ccc(OC(=O)/C=C/c4ccccc4)cc3)OC(=O)c3ccccc32)cc1. The summed E-state index contributed by atoms with van der Waals surface area (Å²) in [5.74, 6) is -0.802. The molecule has 1 aliphatic rings. The van der Waals surface area contributed by atoms with E-state index < -0.39 is 23.5 Å². The van der Waals surface area contributed by atoms with E-state index in [1.807, 2.05) is 72.8 Å². The van der Waals surface area contributed by atoms with E-state index in [1.165, 1.54) is 12.2 Å². The van der Waals surface area contributed by atoms with Crippen LogP contribution in [0.15, 0.2) is 146 Å².